The summed E-state index contributed by atoms with van der Waals surface area (Å²) in [5.41, 5.74) is 2.20. The van der Waals surface area contributed by atoms with Crippen LogP contribution in [0.5, 0.6) is 0 Å². The Morgan fingerprint density at radius 1 is 1.35 bits per heavy atom. The summed E-state index contributed by atoms with van der Waals surface area (Å²) in [6.45, 7) is 6.03. The van der Waals surface area contributed by atoms with Crippen LogP contribution in [0.25, 0.3) is 6.08 Å². The molecule has 1 aromatic rings. The average molecular weight is 233 g/mol. The minimum atomic E-state index is -0.302. The molecule has 1 rings (SSSR count). The van der Waals surface area contributed by atoms with Gasteiger partial charge in [0.15, 0.2) is 0 Å². The molecule has 0 aliphatic carbocycles. The summed E-state index contributed by atoms with van der Waals surface area (Å²) in [5.74, 6) is -0.302. The Morgan fingerprint density at radius 3 is 2.71 bits per heavy atom. The van der Waals surface area contributed by atoms with E-state index >= 15 is 0 Å². The first-order chi connectivity index (χ1) is 8.22. The van der Waals surface area contributed by atoms with Gasteiger partial charge in [-0.1, -0.05) is 36.8 Å². The number of nitrogens with one attached hydrogen (secondary N) is 1. The molecular formula is C14H19NO2. The highest BCUT2D eigenvalue weighted by molar-refractivity contribution is 5.87. The van der Waals surface area contributed by atoms with Crippen molar-refractivity contribution in [1.29, 1.82) is 0 Å². The monoisotopic (exact) mass is 233 g/mol. The Labute approximate surface area is 102 Å². The second kappa shape index (κ2) is 7.63. The standard InChI is InChI=1S/C14H19NO2/c1-3-15-10-11-17-14(16)9-8-13-6-4-12(2)5-7-13/h4-9,15H,3,10-11H2,1-2H3/b9-8+. The number of hydrogen-bond acceptors (Lipinski definition) is 3. The molecule has 0 atom stereocenters. The Hall–Kier alpha value is -1.61. The van der Waals surface area contributed by atoms with Gasteiger partial charge in [0.1, 0.15) is 6.61 Å². The fourth-order valence-corrected chi connectivity index (χ4v) is 1.29. The number of ether oxygens (including phenoxy) is 1. The van der Waals surface area contributed by atoms with E-state index in [1.54, 1.807) is 6.08 Å². The highest BCUT2D eigenvalue weighted by atomic mass is 16.5. The van der Waals surface area contributed by atoms with Gasteiger partial charge >= 0.3 is 5.97 Å². The molecular weight excluding hydrogens is 214 g/mol. The van der Waals surface area contributed by atoms with Gasteiger partial charge in [0.25, 0.3) is 0 Å². The van der Waals surface area contributed by atoms with Crippen LogP contribution < -0.4 is 5.32 Å². The third kappa shape index (κ3) is 5.88. The lowest BCUT2D eigenvalue weighted by atomic mass is 10.1. The highest BCUT2D eigenvalue weighted by Crippen LogP contribution is 2.04. The molecule has 1 N–H and O–H groups in total. The van der Waals surface area contributed by atoms with E-state index in [4.69, 9.17) is 4.74 Å². The van der Waals surface area contributed by atoms with Crippen LogP contribution >= 0.6 is 0 Å². The minimum Gasteiger partial charge on any atom is -0.461 e. The molecule has 0 aliphatic heterocycles. The van der Waals surface area contributed by atoms with Crippen molar-refractivity contribution in [2.45, 2.75) is 13.8 Å². The molecule has 0 amide bonds. The van der Waals surface area contributed by atoms with Crippen molar-refractivity contribution in [2.24, 2.45) is 0 Å². The van der Waals surface area contributed by atoms with Crippen molar-refractivity contribution in [1.82, 2.24) is 5.32 Å². The van der Waals surface area contributed by atoms with E-state index in [-0.39, 0.29) is 5.97 Å². The molecule has 92 valence electrons. The number of benzene rings is 1. The van der Waals surface area contributed by atoms with Gasteiger partial charge in [-0.05, 0) is 25.1 Å². The quantitative estimate of drug-likeness (QED) is 0.465. The predicted octanol–water partition coefficient (Wildman–Crippen LogP) is 2.16. The van der Waals surface area contributed by atoms with Crippen molar-refractivity contribution in [3.63, 3.8) is 0 Å². The lowest BCUT2D eigenvalue weighted by molar-refractivity contribution is -0.137. The van der Waals surface area contributed by atoms with Crippen LogP contribution in [-0.2, 0) is 9.53 Å². The van der Waals surface area contributed by atoms with Crippen molar-refractivity contribution in [3.8, 4) is 0 Å². The summed E-state index contributed by atoms with van der Waals surface area (Å²) in [6, 6.07) is 7.96. The fourth-order valence-electron chi connectivity index (χ4n) is 1.29. The summed E-state index contributed by atoms with van der Waals surface area (Å²) >= 11 is 0. The number of hydrogen-bond donors (Lipinski definition) is 1. The van der Waals surface area contributed by atoms with Crippen LogP contribution in [0, 0.1) is 6.92 Å². The van der Waals surface area contributed by atoms with Crippen molar-refractivity contribution < 1.29 is 9.53 Å². The van der Waals surface area contributed by atoms with Crippen LogP contribution in [0.3, 0.4) is 0 Å². The molecule has 1 aromatic carbocycles. The van der Waals surface area contributed by atoms with Crippen molar-refractivity contribution >= 4 is 12.0 Å². The normalized spacial score (nSPS) is 10.7. The molecule has 0 saturated heterocycles. The average Bonchev–Trinajstić information content (AvgIpc) is 2.34. The Morgan fingerprint density at radius 2 is 2.06 bits per heavy atom. The molecule has 0 fully saturated rings. The fraction of sp³-hybridized carbons (Fsp3) is 0.357. The number of aryl methyl sites for hydroxylation is 1. The molecule has 0 radical (unpaired) electrons. The predicted molar refractivity (Wildman–Crippen MR) is 69.7 cm³/mol. The smallest absolute Gasteiger partial charge is 0.330 e. The van der Waals surface area contributed by atoms with Gasteiger partial charge in [-0.2, -0.15) is 0 Å². The molecule has 0 aromatic heterocycles. The second-order valence-corrected chi connectivity index (χ2v) is 3.77. The lowest BCUT2D eigenvalue weighted by Crippen LogP contribution is -2.20. The van der Waals surface area contributed by atoms with E-state index in [0.29, 0.717) is 13.2 Å². The molecule has 0 unspecified atom stereocenters. The number of rotatable bonds is 6. The SMILES string of the molecule is CCNCCOC(=O)/C=C/c1ccc(C)cc1. The first-order valence-corrected chi connectivity index (χ1v) is 5.84. The van der Waals surface area contributed by atoms with E-state index in [1.807, 2.05) is 38.1 Å². The van der Waals surface area contributed by atoms with Gasteiger partial charge in [-0.3, -0.25) is 0 Å². The van der Waals surface area contributed by atoms with E-state index in [1.165, 1.54) is 11.6 Å². The minimum absolute atomic E-state index is 0.302. The molecule has 0 spiro atoms. The number of carbonyl (C=O) groups is 1. The van der Waals surface area contributed by atoms with Gasteiger partial charge in [0.2, 0.25) is 0 Å². The molecule has 0 saturated carbocycles. The van der Waals surface area contributed by atoms with E-state index in [9.17, 15) is 4.79 Å². The Bertz CT molecular complexity index is 368. The summed E-state index contributed by atoms with van der Waals surface area (Å²) < 4.78 is 5.00. The molecule has 0 bridgehead atoms. The summed E-state index contributed by atoms with van der Waals surface area (Å²) in [6.07, 6.45) is 3.21. The van der Waals surface area contributed by atoms with Crippen molar-refractivity contribution in [3.05, 3.63) is 41.5 Å². The third-order valence-corrected chi connectivity index (χ3v) is 2.26. The third-order valence-electron chi connectivity index (χ3n) is 2.26. The van der Waals surface area contributed by atoms with E-state index < -0.39 is 0 Å². The first kappa shape index (κ1) is 13.5. The first-order valence-electron chi connectivity index (χ1n) is 5.84. The zero-order valence-corrected chi connectivity index (χ0v) is 10.4. The molecule has 17 heavy (non-hydrogen) atoms. The maximum absolute atomic E-state index is 11.3. The topological polar surface area (TPSA) is 38.3 Å². The Kier molecular flexibility index (Phi) is 6.04. The van der Waals surface area contributed by atoms with Crippen LogP contribution in [0.1, 0.15) is 18.1 Å². The van der Waals surface area contributed by atoms with Gasteiger partial charge in [0.05, 0.1) is 0 Å². The maximum atomic E-state index is 11.3. The van der Waals surface area contributed by atoms with Gasteiger partial charge in [-0.15, -0.1) is 0 Å². The van der Waals surface area contributed by atoms with Crippen molar-refractivity contribution in [2.75, 3.05) is 19.7 Å². The maximum Gasteiger partial charge on any atom is 0.330 e. The lowest BCUT2D eigenvalue weighted by Gasteiger charge is -2.01. The summed E-state index contributed by atoms with van der Waals surface area (Å²) in [5, 5.41) is 3.08. The highest BCUT2D eigenvalue weighted by Gasteiger charge is 1.95. The van der Waals surface area contributed by atoms with Gasteiger partial charge < -0.3 is 10.1 Å². The molecule has 0 heterocycles. The van der Waals surface area contributed by atoms with Crippen LogP contribution in [0.15, 0.2) is 30.3 Å². The second-order valence-electron chi connectivity index (χ2n) is 3.77. The number of carbonyl (C=O) groups excluding carboxylic acids is 1. The molecule has 3 nitrogen and oxygen atoms in total. The van der Waals surface area contributed by atoms with E-state index in [2.05, 4.69) is 5.32 Å². The molecule has 0 aliphatic rings. The zero-order chi connectivity index (χ0) is 12.5. The van der Waals surface area contributed by atoms with Gasteiger partial charge in [-0.25, -0.2) is 4.79 Å². The van der Waals surface area contributed by atoms with Crippen LogP contribution in [0.4, 0.5) is 0 Å². The Balaban J connectivity index is 2.32. The number of esters is 1. The van der Waals surface area contributed by atoms with Gasteiger partial charge in [0, 0.05) is 12.6 Å². The van der Waals surface area contributed by atoms with E-state index in [0.717, 1.165) is 12.1 Å². The summed E-state index contributed by atoms with van der Waals surface area (Å²) in [7, 11) is 0. The van der Waals surface area contributed by atoms with Crippen LogP contribution in [-0.4, -0.2) is 25.7 Å². The zero-order valence-electron chi connectivity index (χ0n) is 10.4. The largest absolute Gasteiger partial charge is 0.461 e. The summed E-state index contributed by atoms with van der Waals surface area (Å²) in [4.78, 5) is 11.3. The van der Waals surface area contributed by atoms with Crippen LogP contribution in [0.2, 0.25) is 0 Å². The number of likely N-dealkylation sites (N-methyl/N-ethyl adjacent to an activating group) is 1. The molecule has 3 heteroatoms.